The van der Waals surface area contributed by atoms with Gasteiger partial charge in [0.1, 0.15) is 0 Å². The lowest BCUT2D eigenvalue weighted by atomic mass is 9.84. The van der Waals surface area contributed by atoms with Crippen molar-refractivity contribution in [2.75, 3.05) is 11.8 Å². The Hall–Kier alpha value is 0.580. The first kappa shape index (κ1) is 11.6. The van der Waals surface area contributed by atoms with Gasteiger partial charge >= 0.3 is 0 Å². The number of alkyl halides is 2. The summed E-state index contributed by atoms with van der Waals surface area (Å²) < 4.78 is 0. The molecular formula is C9H18Cl2. The number of halogens is 2. The van der Waals surface area contributed by atoms with Crippen molar-refractivity contribution in [1.82, 2.24) is 0 Å². The molecule has 0 unspecified atom stereocenters. The lowest BCUT2D eigenvalue weighted by Gasteiger charge is -2.23. The summed E-state index contributed by atoms with van der Waals surface area (Å²) in [5.41, 5.74) is 0.434. The molecule has 0 nitrogen and oxygen atoms in total. The van der Waals surface area contributed by atoms with Crippen LogP contribution < -0.4 is 0 Å². The summed E-state index contributed by atoms with van der Waals surface area (Å²) in [5, 5.41) is 0. The zero-order valence-corrected chi connectivity index (χ0v) is 9.01. The maximum absolute atomic E-state index is 5.62. The van der Waals surface area contributed by atoms with Crippen LogP contribution in [0.25, 0.3) is 0 Å². The van der Waals surface area contributed by atoms with E-state index in [4.69, 9.17) is 23.2 Å². The van der Waals surface area contributed by atoms with E-state index in [0.717, 1.165) is 24.6 Å². The van der Waals surface area contributed by atoms with E-state index in [9.17, 15) is 0 Å². The Morgan fingerprint density at radius 1 is 0.909 bits per heavy atom. The molecule has 0 amide bonds. The van der Waals surface area contributed by atoms with Gasteiger partial charge in [0.25, 0.3) is 0 Å². The van der Waals surface area contributed by atoms with E-state index in [2.05, 4.69) is 13.8 Å². The Bertz CT molecular complexity index is 79.6. The van der Waals surface area contributed by atoms with Crippen LogP contribution in [0.5, 0.6) is 0 Å². The van der Waals surface area contributed by atoms with Gasteiger partial charge in [0.2, 0.25) is 0 Å². The predicted molar refractivity (Wildman–Crippen MR) is 53.7 cm³/mol. The van der Waals surface area contributed by atoms with E-state index in [1.54, 1.807) is 0 Å². The summed E-state index contributed by atoms with van der Waals surface area (Å²) in [6.07, 6.45) is 4.68. The number of hydrogen-bond acceptors (Lipinski definition) is 0. The van der Waals surface area contributed by atoms with Crippen LogP contribution in [-0.2, 0) is 0 Å². The number of hydrogen-bond donors (Lipinski definition) is 0. The summed E-state index contributed by atoms with van der Waals surface area (Å²) in [6, 6.07) is 0. The third-order valence-electron chi connectivity index (χ3n) is 1.97. The minimum Gasteiger partial charge on any atom is -0.127 e. The molecule has 11 heavy (non-hydrogen) atoms. The van der Waals surface area contributed by atoms with Crippen molar-refractivity contribution in [3.8, 4) is 0 Å². The first-order chi connectivity index (χ1) is 5.12. The molecular weight excluding hydrogens is 179 g/mol. The van der Waals surface area contributed by atoms with Crippen LogP contribution in [0.3, 0.4) is 0 Å². The SMILES string of the molecule is CC(C)(CCCCl)CCCCl. The van der Waals surface area contributed by atoms with Gasteiger partial charge in [0.15, 0.2) is 0 Å². The fraction of sp³-hybridized carbons (Fsp3) is 1.00. The Morgan fingerprint density at radius 3 is 1.55 bits per heavy atom. The third-order valence-corrected chi connectivity index (χ3v) is 2.51. The maximum Gasteiger partial charge on any atom is 0.0223 e. The van der Waals surface area contributed by atoms with Gasteiger partial charge in [-0.25, -0.2) is 0 Å². The molecule has 0 saturated heterocycles. The molecule has 0 aliphatic rings. The summed E-state index contributed by atoms with van der Waals surface area (Å²) in [6.45, 7) is 4.57. The van der Waals surface area contributed by atoms with Crippen LogP contribution >= 0.6 is 23.2 Å². The van der Waals surface area contributed by atoms with Gasteiger partial charge in [-0.05, 0) is 31.1 Å². The Labute approximate surface area is 80.3 Å². The molecule has 2 heteroatoms. The molecule has 68 valence electrons. The topological polar surface area (TPSA) is 0 Å². The van der Waals surface area contributed by atoms with Gasteiger partial charge in [0, 0.05) is 11.8 Å². The fourth-order valence-electron chi connectivity index (χ4n) is 1.22. The van der Waals surface area contributed by atoms with E-state index in [1.165, 1.54) is 12.8 Å². The molecule has 0 atom stereocenters. The second kappa shape index (κ2) is 6.14. The minimum absolute atomic E-state index is 0.434. The lowest BCUT2D eigenvalue weighted by molar-refractivity contribution is 0.302. The van der Waals surface area contributed by atoms with Crippen molar-refractivity contribution in [2.24, 2.45) is 5.41 Å². The summed E-state index contributed by atoms with van der Waals surface area (Å²) >= 11 is 11.2. The van der Waals surface area contributed by atoms with Crippen LogP contribution in [-0.4, -0.2) is 11.8 Å². The standard InChI is InChI=1S/C9H18Cl2/c1-9(2,5-3-7-10)6-4-8-11/h3-8H2,1-2H3. The van der Waals surface area contributed by atoms with E-state index in [1.807, 2.05) is 0 Å². The molecule has 0 aromatic heterocycles. The van der Waals surface area contributed by atoms with Gasteiger partial charge in [-0.2, -0.15) is 0 Å². The molecule has 0 saturated carbocycles. The van der Waals surface area contributed by atoms with Crippen molar-refractivity contribution in [3.05, 3.63) is 0 Å². The summed E-state index contributed by atoms with van der Waals surface area (Å²) in [4.78, 5) is 0. The van der Waals surface area contributed by atoms with E-state index in [-0.39, 0.29) is 0 Å². The van der Waals surface area contributed by atoms with Crippen molar-refractivity contribution < 1.29 is 0 Å². The quantitative estimate of drug-likeness (QED) is 0.563. The van der Waals surface area contributed by atoms with Gasteiger partial charge in [-0.3, -0.25) is 0 Å². The van der Waals surface area contributed by atoms with E-state index in [0.29, 0.717) is 5.41 Å². The Balaban J connectivity index is 3.43. The fourth-order valence-corrected chi connectivity index (χ4v) is 1.48. The molecule has 0 rings (SSSR count). The van der Waals surface area contributed by atoms with Gasteiger partial charge in [-0.1, -0.05) is 13.8 Å². The molecule has 0 N–H and O–H groups in total. The van der Waals surface area contributed by atoms with Crippen molar-refractivity contribution >= 4 is 23.2 Å². The molecule has 0 aromatic rings. The average Bonchev–Trinajstić information content (AvgIpc) is 1.97. The molecule has 0 radical (unpaired) electrons. The highest BCUT2D eigenvalue weighted by Crippen LogP contribution is 2.28. The van der Waals surface area contributed by atoms with Crippen LogP contribution in [0.2, 0.25) is 0 Å². The maximum atomic E-state index is 5.62. The van der Waals surface area contributed by atoms with Crippen LogP contribution in [0.4, 0.5) is 0 Å². The highest BCUT2D eigenvalue weighted by atomic mass is 35.5. The third kappa shape index (κ3) is 6.96. The van der Waals surface area contributed by atoms with Gasteiger partial charge < -0.3 is 0 Å². The summed E-state index contributed by atoms with van der Waals surface area (Å²) in [7, 11) is 0. The van der Waals surface area contributed by atoms with E-state index < -0.39 is 0 Å². The highest BCUT2D eigenvalue weighted by molar-refractivity contribution is 6.18. The van der Waals surface area contributed by atoms with Crippen molar-refractivity contribution in [3.63, 3.8) is 0 Å². The predicted octanol–water partition coefficient (Wildman–Crippen LogP) is 4.05. The van der Waals surface area contributed by atoms with Crippen molar-refractivity contribution in [2.45, 2.75) is 39.5 Å². The molecule has 0 aliphatic heterocycles. The molecule has 0 fully saturated rings. The Morgan fingerprint density at radius 2 is 1.27 bits per heavy atom. The second-order valence-corrected chi connectivity index (χ2v) is 4.51. The van der Waals surface area contributed by atoms with Gasteiger partial charge in [-0.15, -0.1) is 23.2 Å². The Kier molecular flexibility index (Phi) is 6.46. The summed E-state index contributed by atoms with van der Waals surface area (Å²) in [5.74, 6) is 1.56. The average molecular weight is 197 g/mol. The normalized spacial score (nSPS) is 12.0. The van der Waals surface area contributed by atoms with Crippen LogP contribution in [0.15, 0.2) is 0 Å². The van der Waals surface area contributed by atoms with Crippen LogP contribution in [0.1, 0.15) is 39.5 Å². The first-order valence-corrected chi connectivity index (χ1v) is 5.31. The van der Waals surface area contributed by atoms with E-state index >= 15 is 0 Å². The lowest BCUT2D eigenvalue weighted by Crippen LogP contribution is -2.11. The highest BCUT2D eigenvalue weighted by Gasteiger charge is 2.15. The van der Waals surface area contributed by atoms with Crippen LogP contribution in [0, 0.1) is 5.41 Å². The second-order valence-electron chi connectivity index (χ2n) is 3.75. The zero-order valence-electron chi connectivity index (χ0n) is 7.50. The zero-order chi connectivity index (χ0) is 8.74. The minimum atomic E-state index is 0.434. The molecule has 0 heterocycles. The monoisotopic (exact) mass is 196 g/mol. The van der Waals surface area contributed by atoms with Crippen molar-refractivity contribution in [1.29, 1.82) is 0 Å². The molecule has 0 aromatic carbocycles. The molecule has 0 spiro atoms. The van der Waals surface area contributed by atoms with Gasteiger partial charge in [0.05, 0.1) is 0 Å². The first-order valence-electron chi connectivity index (χ1n) is 4.24. The molecule has 0 bridgehead atoms. The number of rotatable bonds is 6. The smallest absolute Gasteiger partial charge is 0.0223 e. The molecule has 0 aliphatic carbocycles. The largest absolute Gasteiger partial charge is 0.127 e.